The highest BCUT2D eigenvalue weighted by molar-refractivity contribution is 5.95. The third-order valence-electron chi connectivity index (χ3n) is 1.62. The molecule has 0 bridgehead atoms. The highest BCUT2D eigenvalue weighted by Gasteiger charge is 2.05. The van der Waals surface area contributed by atoms with E-state index in [2.05, 4.69) is 0 Å². The molecule has 0 radical (unpaired) electrons. The standard InChI is InChI=1S/C9H12N2O3/c10-9(11)6-1-2-7(13)8(5-6)14-4-3-12/h1-2,5,12-13H,3-4H2,(H3,10,11). The Kier molecular flexibility index (Phi) is 3.30. The maximum absolute atomic E-state index is 9.33. The Bertz CT molecular complexity index is 339. The monoisotopic (exact) mass is 196 g/mol. The van der Waals surface area contributed by atoms with E-state index in [1.165, 1.54) is 18.2 Å². The number of nitrogens with one attached hydrogen (secondary N) is 1. The van der Waals surface area contributed by atoms with Gasteiger partial charge >= 0.3 is 0 Å². The Balaban J connectivity index is 2.90. The van der Waals surface area contributed by atoms with Crippen LogP contribution in [-0.4, -0.2) is 29.3 Å². The summed E-state index contributed by atoms with van der Waals surface area (Å²) < 4.78 is 5.02. The maximum Gasteiger partial charge on any atom is 0.161 e. The van der Waals surface area contributed by atoms with Crippen LogP contribution in [0.25, 0.3) is 0 Å². The van der Waals surface area contributed by atoms with Crippen molar-refractivity contribution in [2.75, 3.05) is 13.2 Å². The summed E-state index contributed by atoms with van der Waals surface area (Å²) in [6, 6.07) is 4.36. The Morgan fingerprint density at radius 2 is 2.21 bits per heavy atom. The molecule has 0 heterocycles. The van der Waals surface area contributed by atoms with Gasteiger partial charge in [0.2, 0.25) is 0 Å². The molecule has 5 heteroatoms. The van der Waals surface area contributed by atoms with Gasteiger partial charge in [0, 0.05) is 5.56 Å². The number of nitrogen functional groups attached to an aromatic ring is 1. The van der Waals surface area contributed by atoms with Gasteiger partial charge < -0.3 is 20.7 Å². The van der Waals surface area contributed by atoms with Gasteiger partial charge in [-0.2, -0.15) is 0 Å². The van der Waals surface area contributed by atoms with E-state index in [1.807, 2.05) is 0 Å². The van der Waals surface area contributed by atoms with E-state index in [4.69, 9.17) is 21.0 Å². The van der Waals surface area contributed by atoms with Crippen LogP contribution in [0.15, 0.2) is 18.2 Å². The predicted molar refractivity (Wildman–Crippen MR) is 51.7 cm³/mol. The number of phenolic OH excluding ortho intramolecular Hbond substituents is 1. The zero-order valence-electron chi connectivity index (χ0n) is 7.53. The lowest BCUT2D eigenvalue weighted by atomic mass is 10.2. The largest absolute Gasteiger partial charge is 0.504 e. The molecule has 0 saturated carbocycles. The van der Waals surface area contributed by atoms with Crippen LogP contribution in [0, 0.1) is 5.41 Å². The van der Waals surface area contributed by atoms with Gasteiger partial charge in [0.05, 0.1) is 6.61 Å². The second kappa shape index (κ2) is 4.48. The third-order valence-corrected chi connectivity index (χ3v) is 1.62. The van der Waals surface area contributed by atoms with Crippen molar-refractivity contribution in [3.05, 3.63) is 23.8 Å². The number of aromatic hydroxyl groups is 1. The zero-order valence-corrected chi connectivity index (χ0v) is 7.53. The molecule has 0 saturated heterocycles. The smallest absolute Gasteiger partial charge is 0.161 e. The van der Waals surface area contributed by atoms with Crippen molar-refractivity contribution >= 4 is 5.84 Å². The fourth-order valence-electron chi connectivity index (χ4n) is 0.953. The van der Waals surface area contributed by atoms with Gasteiger partial charge in [0.15, 0.2) is 11.5 Å². The fraction of sp³-hybridized carbons (Fsp3) is 0.222. The van der Waals surface area contributed by atoms with E-state index in [1.54, 1.807) is 0 Å². The Labute approximate surface area is 81.3 Å². The molecule has 0 atom stereocenters. The first kappa shape index (κ1) is 10.3. The van der Waals surface area contributed by atoms with Crippen molar-refractivity contribution in [2.24, 2.45) is 5.73 Å². The second-order valence-electron chi connectivity index (χ2n) is 2.67. The Morgan fingerprint density at radius 3 is 2.79 bits per heavy atom. The van der Waals surface area contributed by atoms with Crippen LogP contribution in [-0.2, 0) is 0 Å². The maximum atomic E-state index is 9.33. The number of hydrogen-bond donors (Lipinski definition) is 4. The second-order valence-corrected chi connectivity index (χ2v) is 2.67. The van der Waals surface area contributed by atoms with Gasteiger partial charge in [-0.3, -0.25) is 5.41 Å². The van der Waals surface area contributed by atoms with Crippen LogP contribution in [0.4, 0.5) is 0 Å². The molecule has 1 rings (SSSR count). The van der Waals surface area contributed by atoms with Gasteiger partial charge in [-0.05, 0) is 18.2 Å². The minimum Gasteiger partial charge on any atom is -0.504 e. The first-order chi connectivity index (χ1) is 6.65. The van der Waals surface area contributed by atoms with Gasteiger partial charge in [0.25, 0.3) is 0 Å². The highest BCUT2D eigenvalue weighted by Crippen LogP contribution is 2.26. The highest BCUT2D eigenvalue weighted by atomic mass is 16.5. The first-order valence-corrected chi connectivity index (χ1v) is 4.06. The summed E-state index contributed by atoms with van der Waals surface area (Å²) in [6.07, 6.45) is 0. The van der Waals surface area contributed by atoms with Gasteiger partial charge in [-0.1, -0.05) is 0 Å². The van der Waals surface area contributed by atoms with Crippen LogP contribution in [0.2, 0.25) is 0 Å². The van der Waals surface area contributed by atoms with Crippen LogP contribution < -0.4 is 10.5 Å². The molecule has 0 fully saturated rings. The number of aliphatic hydroxyl groups is 1. The number of amidine groups is 1. The SMILES string of the molecule is N=C(N)c1ccc(O)c(OCCO)c1. The minimum atomic E-state index is -0.135. The van der Waals surface area contributed by atoms with Crippen molar-refractivity contribution in [1.29, 1.82) is 5.41 Å². The minimum absolute atomic E-state index is 0.0385. The number of phenols is 1. The molecule has 5 nitrogen and oxygen atoms in total. The first-order valence-electron chi connectivity index (χ1n) is 4.06. The van der Waals surface area contributed by atoms with Crippen molar-refractivity contribution in [2.45, 2.75) is 0 Å². The molecule has 76 valence electrons. The van der Waals surface area contributed by atoms with E-state index in [0.717, 1.165) is 0 Å². The molecule has 1 aromatic rings. The summed E-state index contributed by atoms with van der Waals surface area (Å²) in [6.45, 7) is -0.0430. The van der Waals surface area contributed by atoms with E-state index in [0.29, 0.717) is 5.56 Å². The summed E-state index contributed by atoms with van der Waals surface area (Å²) in [4.78, 5) is 0. The summed E-state index contributed by atoms with van der Waals surface area (Å²) >= 11 is 0. The van der Waals surface area contributed by atoms with Crippen molar-refractivity contribution < 1.29 is 14.9 Å². The van der Waals surface area contributed by atoms with Gasteiger partial charge in [-0.15, -0.1) is 0 Å². The van der Waals surface area contributed by atoms with Crippen LogP contribution >= 0.6 is 0 Å². The fourth-order valence-corrected chi connectivity index (χ4v) is 0.953. The molecule has 0 unspecified atom stereocenters. The van der Waals surface area contributed by atoms with Gasteiger partial charge in [-0.25, -0.2) is 0 Å². The summed E-state index contributed by atoms with van der Waals surface area (Å²) in [5.41, 5.74) is 5.73. The van der Waals surface area contributed by atoms with Crippen molar-refractivity contribution in [3.63, 3.8) is 0 Å². The molecule has 0 aliphatic carbocycles. The van der Waals surface area contributed by atoms with Crippen LogP contribution in [0.1, 0.15) is 5.56 Å². The molecule has 5 N–H and O–H groups in total. The number of aliphatic hydroxyl groups excluding tert-OH is 1. The third kappa shape index (κ3) is 2.37. The number of nitrogens with two attached hydrogens (primary N) is 1. The van der Waals surface area contributed by atoms with E-state index in [9.17, 15) is 5.11 Å². The van der Waals surface area contributed by atoms with E-state index < -0.39 is 0 Å². The van der Waals surface area contributed by atoms with E-state index >= 15 is 0 Å². The van der Waals surface area contributed by atoms with Crippen molar-refractivity contribution in [1.82, 2.24) is 0 Å². The predicted octanol–water partition coefficient (Wildman–Crippen LogP) is 0.0474. The average molecular weight is 196 g/mol. The lowest BCUT2D eigenvalue weighted by Gasteiger charge is -2.07. The molecular formula is C9H12N2O3. The molecule has 1 aromatic carbocycles. The normalized spacial score (nSPS) is 9.79. The lowest BCUT2D eigenvalue weighted by Crippen LogP contribution is -2.11. The molecule has 0 spiro atoms. The summed E-state index contributed by atoms with van der Waals surface area (Å²) in [5.74, 6) is 0.0778. The molecular weight excluding hydrogens is 184 g/mol. The number of benzene rings is 1. The molecule has 14 heavy (non-hydrogen) atoms. The zero-order chi connectivity index (χ0) is 10.6. The van der Waals surface area contributed by atoms with Gasteiger partial charge in [0.1, 0.15) is 12.4 Å². The molecule has 0 aromatic heterocycles. The van der Waals surface area contributed by atoms with Crippen LogP contribution in [0.5, 0.6) is 11.5 Å². The lowest BCUT2D eigenvalue weighted by molar-refractivity contribution is 0.197. The molecule has 0 aliphatic heterocycles. The van der Waals surface area contributed by atoms with Crippen LogP contribution in [0.3, 0.4) is 0 Å². The Morgan fingerprint density at radius 1 is 1.50 bits per heavy atom. The Hall–Kier alpha value is -1.75. The summed E-state index contributed by atoms with van der Waals surface area (Å²) in [7, 11) is 0. The quantitative estimate of drug-likeness (QED) is 0.403. The summed E-state index contributed by atoms with van der Waals surface area (Å²) in [5, 5.41) is 25.0. The topological polar surface area (TPSA) is 99.6 Å². The average Bonchev–Trinajstić information content (AvgIpc) is 2.16. The number of hydrogen-bond acceptors (Lipinski definition) is 4. The van der Waals surface area contributed by atoms with E-state index in [-0.39, 0.29) is 30.5 Å². The molecule has 0 aliphatic rings. The molecule has 0 amide bonds. The van der Waals surface area contributed by atoms with Crippen molar-refractivity contribution in [3.8, 4) is 11.5 Å². The number of rotatable bonds is 4. The number of ether oxygens (including phenoxy) is 1.